The first kappa shape index (κ1) is 14.0. The average Bonchev–Trinajstić information content (AvgIpc) is 2.30. The van der Waals surface area contributed by atoms with Crippen LogP contribution in [0.5, 0.6) is 0 Å². The lowest BCUT2D eigenvalue weighted by molar-refractivity contribution is -0.118. The molecule has 2 nitrogen and oxygen atoms in total. The number of aliphatic hydroxyl groups is 1. The molecule has 0 aromatic rings. The summed E-state index contributed by atoms with van der Waals surface area (Å²) in [7, 11) is 0. The van der Waals surface area contributed by atoms with E-state index in [0.29, 0.717) is 6.61 Å². The normalized spacial score (nSPS) is 24.0. The Morgan fingerprint density at radius 1 is 1.25 bits per heavy atom. The Balaban J connectivity index is 2.44. The molecule has 16 heavy (non-hydrogen) atoms. The summed E-state index contributed by atoms with van der Waals surface area (Å²) in [4.78, 5) is 0. The number of aliphatic hydroxyl groups excluding tert-OH is 1. The Morgan fingerprint density at radius 2 is 1.88 bits per heavy atom. The maximum atomic E-state index is 10.3. The summed E-state index contributed by atoms with van der Waals surface area (Å²) in [5, 5.41) is 10.3. The van der Waals surface area contributed by atoms with Crippen LogP contribution in [-0.2, 0) is 4.74 Å². The lowest BCUT2D eigenvalue weighted by Gasteiger charge is -2.36. The first-order valence-electron chi connectivity index (χ1n) is 6.94. The molecule has 1 aliphatic rings. The van der Waals surface area contributed by atoms with Gasteiger partial charge in [-0.05, 0) is 32.6 Å². The van der Waals surface area contributed by atoms with Crippen molar-refractivity contribution in [2.75, 3.05) is 6.61 Å². The van der Waals surface area contributed by atoms with Gasteiger partial charge in [-0.15, -0.1) is 0 Å². The van der Waals surface area contributed by atoms with Crippen molar-refractivity contribution in [2.24, 2.45) is 5.92 Å². The smallest absolute Gasteiger partial charge is 0.0909 e. The fourth-order valence-corrected chi connectivity index (χ4v) is 2.75. The quantitative estimate of drug-likeness (QED) is 0.753. The summed E-state index contributed by atoms with van der Waals surface area (Å²) in [6, 6.07) is 0. The molecule has 0 spiro atoms. The van der Waals surface area contributed by atoms with Crippen molar-refractivity contribution in [3.63, 3.8) is 0 Å². The van der Waals surface area contributed by atoms with E-state index in [4.69, 9.17) is 4.74 Å². The zero-order valence-corrected chi connectivity index (χ0v) is 11.2. The molecule has 0 radical (unpaired) electrons. The Labute approximate surface area is 100 Å². The van der Waals surface area contributed by atoms with Crippen LogP contribution in [0.15, 0.2) is 0 Å². The van der Waals surface area contributed by atoms with Gasteiger partial charge < -0.3 is 9.84 Å². The molecule has 0 heterocycles. The fourth-order valence-electron chi connectivity index (χ4n) is 2.75. The number of hydrogen-bond donors (Lipinski definition) is 1. The van der Waals surface area contributed by atoms with E-state index in [9.17, 15) is 5.11 Å². The van der Waals surface area contributed by atoms with E-state index in [-0.39, 0.29) is 11.7 Å². The van der Waals surface area contributed by atoms with E-state index >= 15 is 0 Å². The number of rotatable bonds is 6. The minimum atomic E-state index is -0.341. The Morgan fingerprint density at radius 3 is 2.38 bits per heavy atom. The summed E-state index contributed by atoms with van der Waals surface area (Å²) in [5.74, 6) is 0.718. The molecular formula is C14H28O2. The summed E-state index contributed by atoms with van der Waals surface area (Å²) >= 11 is 0. The lowest BCUT2D eigenvalue weighted by Crippen LogP contribution is -2.42. The van der Waals surface area contributed by atoms with Crippen LogP contribution in [0.3, 0.4) is 0 Å². The minimum absolute atomic E-state index is 0.305. The first-order valence-corrected chi connectivity index (χ1v) is 6.94. The van der Waals surface area contributed by atoms with Crippen molar-refractivity contribution in [2.45, 2.75) is 77.4 Å². The van der Waals surface area contributed by atoms with Crippen LogP contribution in [0.1, 0.15) is 65.7 Å². The van der Waals surface area contributed by atoms with E-state index in [1.165, 1.54) is 32.1 Å². The van der Waals surface area contributed by atoms with Crippen molar-refractivity contribution < 1.29 is 9.84 Å². The molecule has 1 aliphatic carbocycles. The van der Waals surface area contributed by atoms with Crippen molar-refractivity contribution in [3.8, 4) is 0 Å². The van der Waals surface area contributed by atoms with E-state index < -0.39 is 0 Å². The summed E-state index contributed by atoms with van der Waals surface area (Å²) in [6.45, 7) is 6.83. The fraction of sp³-hybridized carbons (Fsp3) is 1.00. The zero-order chi connectivity index (χ0) is 12.0. The third-order valence-corrected chi connectivity index (χ3v) is 4.16. The van der Waals surface area contributed by atoms with Gasteiger partial charge in [0.25, 0.3) is 0 Å². The molecule has 96 valence electrons. The van der Waals surface area contributed by atoms with Crippen LogP contribution in [0.2, 0.25) is 0 Å². The van der Waals surface area contributed by atoms with Crippen LogP contribution < -0.4 is 0 Å². The van der Waals surface area contributed by atoms with Gasteiger partial charge >= 0.3 is 0 Å². The highest BCUT2D eigenvalue weighted by atomic mass is 16.5. The molecule has 1 N–H and O–H groups in total. The van der Waals surface area contributed by atoms with Crippen LogP contribution in [0, 0.1) is 5.92 Å². The largest absolute Gasteiger partial charge is 0.390 e. The maximum absolute atomic E-state index is 10.3. The van der Waals surface area contributed by atoms with Gasteiger partial charge in [-0.1, -0.05) is 39.0 Å². The number of hydrogen-bond acceptors (Lipinski definition) is 2. The van der Waals surface area contributed by atoms with Crippen LogP contribution >= 0.6 is 0 Å². The van der Waals surface area contributed by atoms with Crippen LogP contribution in [0.25, 0.3) is 0 Å². The highest BCUT2D eigenvalue weighted by molar-refractivity contribution is 4.85. The first-order chi connectivity index (χ1) is 7.62. The van der Waals surface area contributed by atoms with Gasteiger partial charge in [0.1, 0.15) is 0 Å². The lowest BCUT2D eigenvalue weighted by atomic mass is 9.81. The topological polar surface area (TPSA) is 29.5 Å². The molecule has 0 amide bonds. The standard InChI is InChI=1S/C14H28O2/c1-4-14(3,16-5-2)13(15)11-12-9-7-6-8-10-12/h12-13,15H,4-11H2,1-3H3. The molecule has 0 aliphatic heterocycles. The molecule has 2 heteroatoms. The van der Waals surface area contributed by atoms with Gasteiger partial charge in [-0.3, -0.25) is 0 Å². The third-order valence-electron chi connectivity index (χ3n) is 4.16. The van der Waals surface area contributed by atoms with Crippen molar-refractivity contribution in [3.05, 3.63) is 0 Å². The highest BCUT2D eigenvalue weighted by Crippen LogP contribution is 2.32. The summed E-state index contributed by atoms with van der Waals surface area (Å²) < 4.78 is 5.73. The average molecular weight is 228 g/mol. The predicted molar refractivity (Wildman–Crippen MR) is 67.5 cm³/mol. The van der Waals surface area contributed by atoms with Gasteiger partial charge in [-0.25, -0.2) is 0 Å². The minimum Gasteiger partial charge on any atom is -0.390 e. The molecule has 2 unspecified atom stereocenters. The third kappa shape index (κ3) is 3.74. The predicted octanol–water partition coefficient (Wildman–Crippen LogP) is 3.52. The monoisotopic (exact) mass is 228 g/mol. The van der Waals surface area contributed by atoms with Crippen LogP contribution in [-0.4, -0.2) is 23.4 Å². The molecule has 0 bridgehead atoms. The van der Waals surface area contributed by atoms with Gasteiger partial charge in [-0.2, -0.15) is 0 Å². The zero-order valence-electron chi connectivity index (χ0n) is 11.2. The van der Waals surface area contributed by atoms with Gasteiger partial charge in [0.2, 0.25) is 0 Å². The molecular weight excluding hydrogens is 200 g/mol. The van der Waals surface area contributed by atoms with Crippen molar-refractivity contribution in [1.29, 1.82) is 0 Å². The second-order valence-corrected chi connectivity index (χ2v) is 5.35. The Bertz CT molecular complexity index is 187. The second kappa shape index (κ2) is 6.61. The summed E-state index contributed by atoms with van der Waals surface area (Å²) in [6.07, 6.45) is 8.15. The van der Waals surface area contributed by atoms with E-state index in [0.717, 1.165) is 18.8 Å². The molecule has 0 aromatic carbocycles. The molecule has 0 saturated heterocycles. The Hall–Kier alpha value is -0.0800. The molecule has 1 rings (SSSR count). The highest BCUT2D eigenvalue weighted by Gasteiger charge is 2.33. The molecule has 1 saturated carbocycles. The molecule has 1 fully saturated rings. The van der Waals surface area contributed by atoms with E-state index in [1.54, 1.807) is 0 Å². The summed E-state index contributed by atoms with van der Waals surface area (Å²) in [5.41, 5.74) is -0.341. The molecule has 0 aromatic heterocycles. The van der Waals surface area contributed by atoms with Crippen molar-refractivity contribution in [1.82, 2.24) is 0 Å². The second-order valence-electron chi connectivity index (χ2n) is 5.35. The van der Waals surface area contributed by atoms with Crippen molar-refractivity contribution >= 4 is 0 Å². The van der Waals surface area contributed by atoms with E-state index in [2.05, 4.69) is 6.92 Å². The SMILES string of the molecule is CCOC(C)(CC)C(O)CC1CCCCC1. The molecule has 2 atom stereocenters. The van der Waals surface area contributed by atoms with Crippen LogP contribution in [0.4, 0.5) is 0 Å². The van der Waals surface area contributed by atoms with Gasteiger partial charge in [0, 0.05) is 6.61 Å². The maximum Gasteiger partial charge on any atom is 0.0909 e. The van der Waals surface area contributed by atoms with Gasteiger partial charge in [0.05, 0.1) is 11.7 Å². The number of ether oxygens (including phenoxy) is 1. The Kier molecular flexibility index (Phi) is 5.77. The van der Waals surface area contributed by atoms with Gasteiger partial charge in [0.15, 0.2) is 0 Å². The van der Waals surface area contributed by atoms with E-state index in [1.807, 2.05) is 13.8 Å².